The number of methoxy groups -OCH3 is 1. The van der Waals surface area contributed by atoms with Gasteiger partial charge in [-0.3, -0.25) is 4.79 Å². The molecule has 0 aromatic carbocycles. The minimum Gasteiger partial charge on any atom is -0.547 e. The van der Waals surface area contributed by atoms with Crippen LogP contribution in [-0.2, 0) is 18.4 Å². The Morgan fingerprint density at radius 2 is 1.62 bits per heavy atom. The number of fused-ring (bicyclic) bond motifs is 5. The highest BCUT2D eigenvalue weighted by atomic mass is 28.4. The molecule has 9 atom stereocenters. The van der Waals surface area contributed by atoms with Gasteiger partial charge in [0.1, 0.15) is 0 Å². The molecule has 0 heterocycles. The van der Waals surface area contributed by atoms with E-state index in [1.165, 1.54) is 51.4 Å². The van der Waals surface area contributed by atoms with Crippen LogP contribution in [0.1, 0.15) is 78.6 Å². The van der Waals surface area contributed by atoms with E-state index in [2.05, 4.69) is 66.1 Å². The predicted octanol–water partition coefficient (Wildman–Crippen LogP) is 8.41. The van der Waals surface area contributed by atoms with Crippen molar-refractivity contribution in [2.24, 2.45) is 46.3 Å². The summed E-state index contributed by atoms with van der Waals surface area (Å²) in [5, 5.41) is 0. The van der Waals surface area contributed by atoms with E-state index in [4.69, 9.17) is 13.6 Å². The first-order valence-corrected chi connectivity index (χ1v) is 22.0. The van der Waals surface area contributed by atoms with Gasteiger partial charge in [0.05, 0.1) is 12.9 Å². The molecular formula is C31H56O4Si2. The van der Waals surface area contributed by atoms with Crippen LogP contribution in [0, 0.1) is 46.3 Å². The first-order chi connectivity index (χ1) is 17.1. The van der Waals surface area contributed by atoms with Gasteiger partial charge in [-0.25, -0.2) is 0 Å². The molecule has 4 aliphatic carbocycles. The third-order valence-corrected chi connectivity index (χ3v) is 12.8. The minimum atomic E-state index is -1.74. The fourth-order valence-corrected chi connectivity index (χ4v) is 11.4. The second kappa shape index (κ2) is 10.4. The van der Waals surface area contributed by atoms with E-state index >= 15 is 0 Å². The molecule has 0 aromatic rings. The van der Waals surface area contributed by atoms with Crippen molar-refractivity contribution in [2.75, 3.05) is 7.11 Å². The summed E-state index contributed by atoms with van der Waals surface area (Å²) in [5.74, 6) is 5.05. The summed E-state index contributed by atoms with van der Waals surface area (Å²) >= 11 is 0. The van der Waals surface area contributed by atoms with Crippen molar-refractivity contribution in [1.82, 2.24) is 0 Å². The van der Waals surface area contributed by atoms with Gasteiger partial charge in [0, 0.05) is 18.4 Å². The number of esters is 1. The normalized spacial score (nSPS) is 40.6. The number of carbonyl (C=O) groups excluding carboxylic acids is 1. The van der Waals surface area contributed by atoms with Crippen LogP contribution in [-0.4, -0.2) is 35.8 Å². The lowest BCUT2D eigenvalue weighted by molar-refractivity contribution is -0.141. The molecule has 3 fully saturated rings. The number of hydrogen-bond donors (Lipinski definition) is 0. The van der Waals surface area contributed by atoms with Gasteiger partial charge in [-0.05, 0) is 137 Å². The molecule has 212 valence electrons. The number of allylic oxidation sites excluding steroid dienone is 2. The Labute approximate surface area is 229 Å². The van der Waals surface area contributed by atoms with E-state index in [0.717, 1.165) is 12.8 Å². The van der Waals surface area contributed by atoms with Crippen molar-refractivity contribution in [2.45, 2.75) is 124 Å². The van der Waals surface area contributed by atoms with Crippen molar-refractivity contribution in [3.63, 3.8) is 0 Å². The molecule has 4 nitrogen and oxygen atoms in total. The van der Waals surface area contributed by atoms with Crippen LogP contribution in [0.5, 0.6) is 0 Å². The van der Waals surface area contributed by atoms with E-state index in [0.29, 0.717) is 58.9 Å². The average molecular weight is 549 g/mol. The number of ether oxygens (including phenoxy) is 1. The zero-order valence-electron chi connectivity index (χ0n) is 25.6. The topological polar surface area (TPSA) is 44.8 Å². The van der Waals surface area contributed by atoms with Gasteiger partial charge in [-0.15, -0.1) is 0 Å². The van der Waals surface area contributed by atoms with Crippen LogP contribution in [0.4, 0.5) is 0 Å². The molecule has 37 heavy (non-hydrogen) atoms. The zero-order valence-corrected chi connectivity index (χ0v) is 27.6. The van der Waals surface area contributed by atoms with Crippen LogP contribution in [0.15, 0.2) is 11.8 Å². The SMILES string of the molecule is COC(=O)CC[C@@H](C)[C@H]1CCC2C3C(O[Si](C)(C)C)=C[C@@H]4CC(O[Si](C)(C)C)CC[C@]4(C)C3CC[C@@]21C. The van der Waals surface area contributed by atoms with E-state index in [9.17, 15) is 4.79 Å². The van der Waals surface area contributed by atoms with Crippen molar-refractivity contribution in [3.8, 4) is 0 Å². The van der Waals surface area contributed by atoms with Gasteiger partial charge in [-0.1, -0.05) is 20.8 Å². The third-order valence-electron chi connectivity index (χ3n) is 10.9. The zero-order chi connectivity index (χ0) is 27.4. The lowest BCUT2D eigenvalue weighted by Crippen LogP contribution is -2.55. The summed E-state index contributed by atoms with van der Waals surface area (Å²) in [4.78, 5) is 11.9. The van der Waals surface area contributed by atoms with Gasteiger partial charge in [0.2, 0.25) is 8.32 Å². The summed E-state index contributed by atoms with van der Waals surface area (Å²) in [6.07, 6.45) is 13.4. The van der Waals surface area contributed by atoms with Crippen LogP contribution in [0.2, 0.25) is 39.3 Å². The van der Waals surface area contributed by atoms with Crippen molar-refractivity contribution in [3.05, 3.63) is 11.8 Å². The van der Waals surface area contributed by atoms with Gasteiger partial charge in [-0.2, -0.15) is 0 Å². The Bertz CT molecular complexity index is 873. The summed E-state index contributed by atoms with van der Waals surface area (Å²) < 4.78 is 18.6. The second-order valence-electron chi connectivity index (χ2n) is 15.6. The summed E-state index contributed by atoms with van der Waals surface area (Å²) in [7, 11) is -1.78. The lowest BCUT2D eigenvalue weighted by Gasteiger charge is -2.60. The van der Waals surface area contributed by atoms with Gasteiger partial charge < -0.3 is 13.6 Å². The molecule has 3 saturated carbocycles. The Balaban J connectivity index is 1.63. The second-order valence-corrected chi connectivity index (χ2v) is 24.5. The largest absolute Gasteiger partial charge is 0.547 e. The summed E-state index contributed by atoms with van der Waals surface area (Å²) in [6.45, 7) is 21.7. The van der Waals surface area contributed by atoms with Crippen molar-refractivity contribution < 1.29 is 18.4 Å². The highest BCUT2D eigenvalue weighted by Crippen LogP contribution is 2.68. The minimum absolute atomic E-state index is 0.0658. The maximum atomic E-state index is 11.9. The van der Waals surface area contributed by atoms with Crippen LogP contribution in [0.25, 0.3) is 0 Å². The Hall–Kier alpha value is -0.596. The fraction of sp³-hybridized carbons (Fsp3) is 0.903. The molecule has 6 heteroatoms. The van der Waals surface area contributed by atoms with E-state index in [1.807, 2.05) is 0 Å². The Kier molecular flexibility index (Phi) is 8.28. The average Bonchev–Trinajstić information content (AvgIpc) is 3.13. The molecule has 0 aliphatic heterocycles. The number of rotatable bonds is 8. The monoisotopic (exact) mass is 548 g/mol. The molecule has 4 rings (SSSR count). The van der Waals surface area contributed by atoms with Crippen molar-refractivity contribution >= 4 is 22.6 Å². The number of carbonyl (C=O) groups is 1. The first kappa shape index (κ1) is 29.4. The molecule has 0 amide bonds. The number of hydrogen-bond acceptors (Lipinski definition) is 4. The molecule has 0 radical (unpaired) electrons. The first-order valence-electron chi connectivity index (χ1n) is 15.2. The van der Waals surface area contributed by atoms with Crippen LogP contribution in [0.3, 0.4) is 0 Å². The van der Waals surface area contributed by atoms with Gasteiger partial charge >= 0.3 is 5.97 Å². The fourth-order valence-electron chi connectivity index (χ4n) is 9.32. The highest BCUT2D eigenvalue weighted by molar-refractivity contribution is 6.70. The molecular weight excluding hydrogens is 493 g/mol. The Morgan fingerprint density at radius 3 is 2.24 bits per heavy atom. The standard InChI is InChI=1S/C31H56O4Si2/c1-21(11-14-28(32)33-4)24-12-13-25-29-26(16-18-31(24,25)3)30(2)17-15-23(34-36(5,6)7)19-22(30)20-27(29)35-37(8,9)10/h20-26,29H,11-19H2,1-10H3/t21-,22+,23?,24-,25?,26?,29?,30+,31-/m1/s1. The van der Waals surface area contributed by atoms with E-state index in [-0.39, 0.29) is 5.97 Å². The molecule has 0 bridgehead atoms. The summed E-state index contributed by atoms with van der Waals surface area (Å²) in [5.41, 5.74) is 0.687. The third kappa shape index (κ3) is 5.96. The quantitative estimate of drug-likeness (QED) is 0.226. The lowest BCUT2D eigenvalue weighted by atomic mass is 9.46. The molecule has 0 N–H and O–H groups in total. The molecule has 4 unspecified atom stereocenters. The van der Waals surface area contributed by atoms with Crippen LogP contribution >= 0.6 is 0 Å². The Morgan fingerprint density at radius 1 is 0.973 bits per heavy atom. The molecule has 0 aromatic heterocycles. The van der Waals surface area contributed by atoms with Crippen molar-refractivity contribution in [1.29, 1.82) is 0 Å². The predicted molar refractivity (Wildman–Crippen MR) is 157 cm³/mol. The maximum absolute atomic E-state index is 11.9. The van der Waals surface area contributed by atoms with Gasteiger partial charge in [0.15, 0.2) is 8.32 Å². The molecule has 0 saturated heterocycles. The van der Waals surface area contributed by atoms with E-state index in [1.54, 1.807) is 0 Å². The smallest absolute Gasteiger partial charge is 0.305 e. The van der Waals surface area contributed by atoms with E-state index < -0.39 is 16.6 Å². The molecule has 4 aliphatic rings. The highest BCUT2D eigenvalue weighted by Gasteiger charge is 2.62. The van der Waals surface area contributed by atoms with Crippen LogP contribution < -0.4 is 0 Å². The summed E-state index contributed by atoms with van der Waals surface area (Å²) in [6, 6.07) is 0. The van der Waals surface area contributed by atoms with Gasteiger partial charge in [0.25, 0.3) is 0 Å². The maximum Gasteiger partial charge on any atom is 0.305 e. The molecule has 0 spiro atoms.